The van der Waals surface area contributed by atoms with Crippen LogP contribution in [0, 0.1) is 5.92 Å². The second-order valence-electron chi connectivity index (χ2n) is 8.53. The number of benzene rings is 3. The molecule has 1 N–H and O–H groups in total. The first-order valence-electron chi connectivity index (χ1n) is 11.0. The van der Waals surface area contributed by atoms with Crippen molar-refractivity contribution in [3.8, 4) is 5.75 Å². The Morgan fingerprint density at radius 2 is 1.56 bits per heavy atom. The van der Waals surface area contributed by atoms with E-state index in [1.807, 2.05) is 72.8 Å². The monoisotopic (exact) mass is 428 g/mol. The maximum atomic E-state index is 13.4. The van der Waals surface area contributed by atoms with E-state index in [2.05, 4.69) is 19.2 Å². The summed E-state index contributed by atoms with van der Waals surface area (Å²) in [5, 5.41) is 3.05. The Bertz CT molecular complexity index is 1060. The molecule has 5 heteroatoms. The van der Waals surface area contributed by atoms with Gasteiger partial charge in [-0.15, -0.1) is 0 Å². The van der Waals surface area contributed by atoms with Crippen molar-refractivity contribution in [1.29, 1.82) is 0 Å². The summed E-state index contributed by atoms with van der Waals surface area (Å²) < 4.78 is 5.87. The molecular weight excluding hydrogens is 400 g/mol. The highest BCUT2D eigenvalue weighted by Gasteiger charge is 2.32. The number of carbonyl (C=O) groups excluding carboxylic acids is 2. The molecule has 0 fully saturated rings. The largest absolute Gasteiger partial charge is 0.479 e. The predicted octanol–water partition coefficient (Wildman–Crippen LogP) is 5.23. The summed E-state index contributed by atoms with van der Waals surface area (Å²) in [6.07, 6.45) is -0.561. The molecule has 0 radical (unpaired) electrons. The lowest BCUT2D eigenvalue weighted by atomic mass is 9.90. The lowest BCUT2D eigenvalue weighted by molar-refractivity contribution is -0.125. The third kappa shape index (κ3) is 4.52. The van der Waals surface area contributed by atoms with Gasteiger partial charge in [0.15, 0.2) is 6.10 Å². The van der Waals surface area contributed by atoms with Crippen molar-refractivity contribution < 1.29 is 14.3 Å². The number of fused-ring (bicyclic) bond motifs is 1. The van der Waals surface area contributed by atoms with Crippen LogP contribution >= 0.6 is 0 Å². The lowest BCUT2D eigenvalue weighted by Gasteiger charge is -2.34. The Kier molecular flexibility index (Phi) is 6.26. The maximum Gasteiger partial charge on any atom is 0.267 e. The zero-order valence-corrected chi connectivity index (χ0v) is 18.6. The molecule has 1 aliphatic heterocycles. The highest BCUT2D eigenvalue weighted by atomic mass is 16.5. The second-order valence-corrected chi connectivity index (χ2v) is 8.53. The van der Waals surface area contributed by atoms with E-state index in [1.54, 1.807) is 17.9 Å². The normalized spacial score (nSPS) is 15.5. The van der Waals surface area contributed by atoms with Gasteiger partial charge in [0, 0.05) is 18.3 Å². The predicted molar refractivity (Wildman–Crippen MR) is 127 cm³/mol. The zero-order valence-electron chi connectivity index (χ0n) is 18.6. The van der Waals surface area contributed by atoms with Crippen molar-refractivity contribution in [3.63, 3.8) is 0 Å². The number of amides is 2. The third-order valence-electron chi connectivity index (χ3n) is 5.51. The Hall–Kier alpha value is -3.60. The molecule has 1 aliphatic rings. The number of anilines is 2. The Balaban J connectivity index is 1.63. The first-order chi connectivity index (χ1) is 15.4. The van der Waals surface area contributed by atoms with Gasteiger partial charge in [0.2, 0.25) is 5.91 Å². The van der Waals surface area contributed by atoms with Crippen LogP contribution in [0.1, 0.15) is 37.8 Å². The Morgan fingerprint density at radius 3 is 2.12 bits per heavy atom. The van der Waals surface area contributed by atoms with E-state index in [1.165, 1.54) is 0 Å². The summed E-state index contributed by atoms with van der Waals surface area (Å²) in [6.45, 7) is 6.53. The average Bonchev–Trinajstić information content (AvgIpc) is 2.78. The van der Waals surface area contributed by atoms with Gasteiger partial charge in [-0.2, -0.15) is 0 Å². The summed E-state index contributed by atoms with van der Waals surface area (Å²) in [6, 6.07) is 25.0. The van der Waals surface area contributed by atoms with Crippen LogP contribution in [0.2, 0.25) is 0 Å². The number of nitrogens with zero attached hydrogens (tertiary/aromatic N) is 1. The quantitative estimate of drug-likeness (QED) is 0.585. The van der Waals surface area contributed by atoms with Crippen LogP contribution in [-0.4, -0.2) is 24.5 Å². The zero-order chi connectivity index (χ0) is 22.7. The van der Waals surface area contributed by atoms with Crippen molar-refractivity contribution in [2.75, 3.05) is 16.8 Å². The van der Waals surface area contributed by atoms with Crippen LogP contribution in [0.4, 0.5) is 11.4 Å². The van der Waals surface area contributed by atoms with Crippen molar-refractivity contribution in [2.24, 2.45) is 5.92 Å². The van der Waals surface area contributed by atoms with E-state index in [9.17, 15) is 9.59 Å². The van der Waals surface area contributed by atoms with Gasteiger partial charge in [0.1, 0.15) is 5.75 Å². The molecule has 32 heavy (non-hydrogen) atoms. The fourth-order valence-corrected chi connectivity index (χ4v) is 4.04. The summed E-state index contributed by atoms with van der Waals surface area (Å²) in [4.78, 5) is 27.8. The molecule has 0 saturated carbocycles. The fraction of sp³-hybridized carbons (Fsp3) is 0.259. The van der Waals surface area contributed by atoms with E-state index >= 15 is 0 Å². The molecule has 4 rings (SSSR count). The van der Waals surface area contributed by atoms with Crippen LogP contribution in [0.3, 0.4) is 0 Å². The summed E-state index contributed by atoms with van der Waals surface area (Å²) >= 11 is 0. The third-order valence-corrected chi connectivity index (χ3v) is 5.51. The Labute approximate surface area is 189 Å². The maximum absolute atomic E-state index is 13.4. The summed E-state index contributed by atoms with van der Waals surface area (Å²) in [7, 11) is 0. The fourth-order valence-electron chi connectivity index (χ4n) is 4.04. The highest BCUT2D eigenvalue weighted by molar-refractivity contribution is 6.02. The van der Waals surface area contributed by atoms with Gasteiger partial charge in [-0.1, -0.05) is 74.5 Å². The summed E-state index contributed by atoms with van der Waals surface area (Å²) in [5.74, 6) is 0.324. The SMILES string of the molecule is CC(C)CN1C(=O)C(C)Oc2cc(NC(=O)C(c3ccccc3)c3ccccc3)ccc21. The molecule has 3 aromatic carbocycles. The molecule has 0 aromatic heterocycles. The highest BCUT2D eigenvalue weighted by Crippen LogP contribution is 2.37. The molecule has 164 valence electrons. The van der Waals surface area contributed by atoms with Gasteiger partial charge in [-0.05, 0) is 36.1 Å². The Morgan fingerprint density at radius 1 is 0.969 bits per heavy atom. The van der Waals surface area contributed by atoms with Gasteiger partial charge in [0.05, 0.1) is 11.6 Å². The number of hydrogen-bond acceptors (Lipinski definition) is 3. The second kappa shape index (κ2) is 9.27. The lowest BCUT2D eigenvalue weighted by Crippen LogP contribution is -2.46. The molecular formula is C27H28N2O3. The molecule has 1 unspecified atom stereocenters. The molecule has 0 spiro atoms. The molecule has 2 amide bonds. The standard InChI is InChI=1S/C27H28N2O3/c1-18(2)17-29-23-15-14-22(16-24(23)32-19(3)27(29)31)28-26(30)25(20-10-6-4-7-11-20)21-12-8-5-9-13-21/h4-16,18-19,25H,17H2,1-3H3,(H,28,30). The number of nitrogens with one attached hydrogen (secondary N) is 1. The van der Waals surface area contributed by atoms with Crippen LogP contribution in [0.15, 0.2) is 78.9 Å². The van der Waals surface area contributed by atoms with Crippen molar-refractivity contribution in [1.82, 2.24) is 0 Å². The average molecular weight is 429 g/mol. The van der Waals surface area contributed by atoms with Gasteiger partial charge in [0.25, 0.3) is 5.91 Å². The minimum absolute atomic E-state index is 0.0452. The number of ether oxygens (including phenoxy) is 1. The first-order valence-corrected chi connectivity index (χ1v) is 11.0. The van der Waals surface area contributed by atoms with Crippen molar-refractivity contribution >= 4 is 23.2 Å². The molecule has 0 saturated heterocycles. The minimum Gasteiger partial charge on any atom is -0.479 e. The first kappa shape index (κ1) is 21.6. The van der Waals surface area contributed by atoms with Crippen LogP contribution in [0.25, 0.3) is 0 Å². The van der Waals surface area contributed by atoms with Gasteiger partial charge >= 0.3 is 0 Å². The topological polar surface area (TPSA) is 58.6 Å². The minimum atomic E-state index is -0.561. The molecule has 1 heterocycles. The van der Waals surface area contributed by atoms with E-state index in [0.717, 1.165) is 16.8 Å². The smallest absolute Gasteiger partial charge is 0.267 e. The van der Waals surface area contributed by atoms with Crippen LogP contribution < -0.4 is 15.0 Å². The molecule has 1 atom stereocenters. The molecule has 5 nitrogen and oxygen atoms in total. The van der Waals surface area contributed by atoms with Gasteiger partial charge in [-0.25, -0.2) is 0 Å². The number of hydrogen-bond donors (Lipinski definition) is 1. The van der Waals surface area contributed by atoms with E-state index in [0.29, 0.717) is 23.9 Å². The van der Waals surface area contributed by atoms with Crippen LogP contribution in [0.5, 0.6) is 5.75 Å². The number of carbonyl (C=O) groups is 2. The van der Waals surface area contributed by atoms with Crippen molar-refractivity contribution in [2.45, 2.75) is 32.8 Å². The van der Waals surface area contributed by atoms with E-state index in [-0.39, 0.29) is 11.8 Å². The van der Waals surface area contributed by atoms with Gasteiger partial charge in [-0.3, -0.25) is 9.59 Å². The van der Waals surface area contributed by atoms with Crippen molar-refractivity contribution in [3.05, 3.63) is 90.0 Å². The molecule has 0 aliphatic carbocycles. The van der Waals surface area contributed by atoms with E-state index in [4.69, 9.17) is 4.74 Å². The summed E-state index contributed by atoms with van der Waals surface area (Å²) in [5.41, 5.74) is 3.22. The number of rotatable bonds is 6. The molecule has 3 aromatic rings. The van der Waals surface area contributed by atoms with Crippen LogP contribution in [-0.2, 0) is 9.59 Å². The van der Waals surface area contributed by atoms with Gasteiger partial charge < -0.3 is 15.0 Å². The van der Waals surface area contributed by atoms with E-state index < -0.39 is 12.0 Å². The molecule has 0 bridgehead atoms.